The summed E-state index contributed by atoms with van der Waals surface area (Å²) in [6.45, 7) is 6.01. The van der Waals surface area contributed by atoms with Crippen molar-refractivity contribution in [1.82, 2.24) is 5.32 Å². The summed E-state index contributed by atoms with van der Waals surface area (Å²) in [5, 5.41) is 13.0. The summed E-state index contributed by atoms with van der Waals surface area (Å²) >= 11 is 5.23. The predicted octanol–water partition coefficient (Wildman–Crippen LogP) is 3.39. The maximum absolute atomic E-state index is 9.66. The van der Waals surface area contributed by atoms with Gasteiger partial charge in [-0.1, -0.05) is 15.9 Å². The molecule has 0 unspecified atom stereocenters. The van der Waals surface area contributed by atoms with E-state index in [4.69, 9.17) is 0 Å². The Bertz CT molecular complexity index is 355. The number of nitrogens with one attached hydrogen (secondary N) is 1. The zero-order chi connectivity index (χ0) is 12.2. The fourth-order valence-electron chi connectivity index (χ4n) is 1.27. The standard InChI is InChI=1S/C12H18BrNOS/c1-12(2,16-3)8-14-7-9-6-10(13)4-5-11(9)15/h4-6,14-15H,7-8H2,1-3H3. The summed E-state index contributed by atoms with van der Waals surface area (Å²) < 4.78 is 1.22. The molecule has 0 aliphatic heterocycles. The predicted molar refractivity (Wildman–Crippen MR) is 75.1 cm³/mol. The second kappa shape index (κ2) is 5.94. The molecule has 0 aliphatic carbocycles. The SMILES string of the molecule is CSC(C)(C)CNCc1cc(Br)ccc1O. The van der Waals surface area contributed by atoms with Crippen LogP contribution in [0.3, 0.4) is 0 Å². The number of halogens is 1. The van der Waals surface area contributed by atoms with Crippen LogP contribution in [-0.4, -0.2) is 22.7 Å². The molecule has 0 saturated heterocycles. The van der Waals surface area contributed by atoms with Crippen molar-refractivity contribution in [2.45, 2.75) is 25.1 Å². The molecule has 0 fully saturated rings. The Labute approximate surface area is 110 Å². The fourth-order valence-corrected chi connectivity index (χ4v) is 1.92. The average Bonchev–Trinajstić information content (AvgIpc) is 2.23. The number of thioether (sulfide) groups is 1. The Hall–Kier alpha value is -0.190. The Balaban J connectivity index is 2.52. The lowest BCUT2D eigenvalue weighted by Gasteiger charge is -2.22. The molecule has 0 radical (unpaired) electrons. The highest BCUT2D eigenvalue weighted by molar-refractivity contribution is 9.10. The van der Waals surface area contributed by atoms with Gasteiger partial charge in [0.2, 0.25) is 0 Å². The molecule has 2 nitrogen and oxygen atoms in total. The van der Waals surface area contributed by atoms with Crippen molar-refractivity contribution in [3.63, 3.8) is 0 Å². The number of phenolic OH excluding ortho intramolecular Hbond substituents is 1. The first-order chi connectivity index (χ1) is 7.44. The van der Waals surface area contributed by atoms with Gasteiger partial charge in [-0.25, -0.2) is 0 Å². The first kappa shape index (κ1) is 13.9. The summed E-state index contributed by atoms with van der Waals surface area (Å²) in [5.74, 6) is 0.345. The van der Waals surface area contributed by atoms with Crippen LogP contribution in [0.25, 0.3) is 0 Å². The lowest BCUT2D eigenvalue weighted by atomic mass is 10.1. The minimum absolute atomic E-state index is 0.224. The maximum Gasteiger partial charge on any atom is 0.120 e. The van der Waals surface area contributed by atoms with Crippen molar-refractivity contribution in [2.75, 3.05) is 12.8 Å². The van der Waals surface area contributed by atoms with Gasteiger partial charge in [0.25, 0.3) is 0 Å². The van der Waals surface area contributed by atoms with Crippen molar-refractivity contribution in [3.05, 3.63) is 28.2 Å². The van der Waals surface area contributed by atoms with Gasteiger partial charge in [0.1, 0.15) is 5.75 Å². The molecular formula is C12H18BrNOS. The van der Waals surface area contributed by atoms with Crippen LogP contribution < -0.4 is 5.32 Å². The van der Waals surface area contributed by atoms with Crippen molar-refractivity contribution in [2.24, 2.45) is 0 Å². The normalized spacial score (nSPS) is 11.8. The van der Waals surface area contributed by atoms with E-state index < -0.39 is 0 Å². The Morgan fingerprint density at radius 2 is 2.12 bits per heavy atom. The van der Waals surface area contributed by atoms with Crippen LogP contribution in [0.5, 0.6) is 5.75 Å². The van der Waals surface area contributed by atoms with Gasteiger partial charge in [-0.2, -0.15) is 11.8 Å². The second-order valence-electron chi connectivity index (χ2n) is 4.34. The largest absolute Gasteiger partial charge is 0.508 e. The molecule has 4 heteroatoms. The van der Waals surface area contributed by atoms with Crippen LogP contribution in [-0.2, 0) is 6.54 Å². The topological polar surface area (TPSA) is 32.3 Å². The number of aromatic hydroxyl groups is 1. The number of benzene rings is 1. The summed E-state index contributed by atoms with van der Waals surface area (Å²) in [7, 11) is 0. The van der Waals surface area contributed by atoms with E-state index >= 15 is 0 Å². The van der Waals surface area contributed by atoms with Crippen molar-refractivity contribution in [1.29, 1.82) is 0 Å². The maximum atomic E-state index is 9.66. The van der Waals surface area contributed by atoms with Gasteiger partial charge in [0.15, 0.2) is 0 Å². The lowest BCUT2D eigenvalue weighted by molar-refractivity contribution is 0.462. The molecule has 0 atom stereocenters. The highest BCUT2D eigenvalue weighted by Crippen LogP contribution is 2.23. The molecule has 1 aromatic rings. The first-order valence-electron chi connectivity index (χ1n) is 5.18. The first-order valence-corrected chi connectivity index (χ1v) is 7.19. The smallest absolute Gasteiger partial charge is 0.120 e. The highest BCUT2D eigenvalue weighted by Gasteiger charge is 2.15. The lowest BCUT2D eigenvalue weighted by Crippen LogP contribution is -2.31. The molecule has 1 aromatic carbocycles. The summed E-state index contributed by atoms with van der Waals surface area (Å²) in [4.78, 5) is 0. The van der Waals surface area contributed by atoms with Gasteiger partial charge < -0.3 is 10.4 Å². The molecule has 0 saturated carbocycles. The van der Waals surface area contributed by atoms with E-state index in [0.717, 1.165) is 16.6 Å². The number of rotatable bonds is 5. The zero-order valence-electron chi connectivity index (χ0n) is 9.88. The monoisotopic (exact) mass is 303 g/mol. The molecule has 0 aliphatic rings. The quantitative estimate of drug-likeness (QED) is 0.874. The summed E-state index contributed by atoms with van der Waals surface area (Å²) in [6, 6.07) is 5.49. The molecular weight excluding hydrogens is 286 g/mol. The molecule has 16 heavy (non-hydrogen) atoms. The van der Waals surface area contributed by atoms with Crippen LogP contribution in [0.15, 0.2) is 22.7 Å². The molecule has 2 N–H and O–H groups in total. The van der Waals surface area contributed by atoms with Crippen LogP contribution >= 0.6 is 27.7 Å². The molecule has 0 bridgehead atoms. The molecule has 0 spiro atoms. The van der Waals surface area contributed by atoms with E-state index in [9.17, 15) is 5.11 Å². The average molecular weight is 304 g/mol. The van der Waals surface area contributed by atoms with Gasteiger partial charge in [0, 0.05) is 27.9 Å². The fraction of sp³-hybridized carbons (Fsp3) is 0.500. The molecule has 0 heterocycles. The summed E-state index contributed by atoms with van der Waals surface area (Å²) in [6.07, 6.45) is 2.11. The third-order valence-electron chi connectivity index (χ3n) is 2.46. The van der Waals surface area contributed by atoms with Gasteiger partial charge >= 0.3 is 0 Å². The number of hydrogen-bond donors (Lipinski definition) is 2. The third-order valence-corrected chi connectivity index (χ3v) is 4.20. The Morgan fingerprint density at radius 1 is 1.44 bits per heavy atom. The van der Waals surface area contributed by atoms with E-state index in [1.54, 1.807) is 6.07 Å². The Morgan fingerprint density at radius 3 is 2.75 bits per heavy atom. The zero-order valence-corrected chi connectivity index (χ0v) is 12.3. The Kier molecular flexibility index (Phi) is 5.15. The van der Waals surface area contributed by atoms with E-state index in [1.165, 1.54) is 0 Å². The van der Waals surface area contributed by atoms with Crippen molar-refractivity contribution < 1.29 is 5.11 Å². The highest BCUT2D eigenvalue weighted by atomic mass is 79.9. The van der Waals surface area contributed by atoms with Gasteiger partial charge in [0.05, 0.1) is 0 Å². The van der Waals surface area contributed by atoms with Crippen LogP contribution in [0.4, 0.5) is 0 Å². The summed E-state index contributed by atoms with van der Waals surface area (Å²) in [5.41, 5.74) is 0.922. The van der Waals surface area contributed by atoms with Crippen molar-refractivity contribution >= 4 is 27.7 Å². The number of phenols is 1. The minimum Gasteiger partial charge on any atom is -0.508 e. The second-order valence-corrected chi connectivity index (χ2v) is 6.77. The van der Waals surface area contributed by atoms with E-state index in [-0.39, 0.29) is 4.75 Å². The van der Waals surface area contributed by atoms with Crippen LogP contribution in [0.2, 0.25) is 0 Å². The van der Waals surface area contributed by atoms with E-state index in [1.807, 2.05) is 23.9 Å². The molecule has 0 aromatic heterocycles. The van der Waals surface area contributed by atoms with Gasteiger partial charge in [-0.05, 0) is 38.3 Å². The van der Waals surface area contributed by atoms with E-state index in [0.29, 0.717) is 12.3 Å². The molecule has 0 amide bonds. The number of hydrogen-bond acceptors (Lipinski definition) is 3. The van der Waals surface area contributed by atoms with Gasteiger partial charge in [-0.15, -0.1) is 0 Å². The molecule has 1 rings (SSSR count). The van der Waals surface area contributed by atoms with Crippen molar-refractivity contribution in [3.8, 4) is 5.75 Å². The van der Waals surface area contributed by atoms with Crippen LogP contribution in [0, 0.1) is 0 Å². The molecule has 90 valence electrons. The third kappa shape index (κ3) is 4.36. The minimum atomic E-state index is 0.224. The van der Waals surface area contributed by atoms with Gasteiger partial charge in [-0.3, -0.25) is 0 Å². The van der Waals surface area contributed by atoms with Crippen LogP contribution in [0.1, 0.15) is 19.4 Å². The van der Waals surface area contributed by atoms with E-state index in [2.05, 4.69) is 41.3 Å².